The Labute approximate surface area is 103 Å². The fourth-order valence-electron chi connectivity index (χ4n) is 1.27. The molecule has 0 aromatic carbocycles. The Balaban J connectivity index is 2.62. The van der Waals surface area contributed by atoms with Crippen LogP contribution in [0, 0.1) is 19.3 Å². The fourth-order valence-corrected chi connectivity index (χ4v) is 2.92. The van der Waals surface area contributed by atoms with Crippen molar-refractivity contribution in [3.8, 4) is 12.3 Å². The maximum atomic E-state index is 5.72. The second kappa shape index (κ2) is 6.29. The summed E-state index contributed by atoms with van der Waals surface area (Å²) < 4.78 is 1.15. The van der Waals surface area contributed by atoms with Gasteiger partial charge in [0, 0.05) is 33.7 Å². The number of hydrogen-bond donors (Lipinski definition) is 2. The average molecular weight is 287 g/mol. The maximum Gasteiger partial charge on any atom is 0.0540 e. The molecule has 0 amide bonds. The molecule has 1 aromatic heterocycles. The predicted octanol–water partition coefficient (Wildman–Crippen LogP) is 2.43. The van der Waals surface area contributed by atoms with E-state index in [4.69, 9.17) is 12.2 Å². The SMILES string of the molecule is C#CCCNC(CN)c1cc(Br)c(C)s1. The molecule has 1 aromatic rings. The molecule has 0 fully saturated rings. The molecule has 0 saturated carbocycles. The first-order valence-electron chi connectivity index (χ1n) is 4.81. The molecule has 0 aliphatic heterocycles. The van der Waals surface area contributed by atoms with Crippen molar-refractivity contribution in [1.29, 1.82) is 0 Å². The lowest BCUT2D eigenvalue weighted by molar-refractivity contribution is 0.558. The lowest BCUT2D eigenvalue weighted by atomic mass is 10.2. The van der Waals surface area contributed by atoms with E-state index in [0.717, 1.165) is 17.4 Å². The highest BCUT2D eigenvalue weighted by Gasteiger charge is 2.12. The van der Waals surface area contributed by atoms with Crippen LogP contribution in [-0.4, -0.2) is 13.1 Å². The van der Waals surface area contributed by atoms with Gasteiger partial charge in [-0.05, 0) is 28.9 Å². The summed E-state index contributed by atoms with van der Waals surface area (Å²) in [5.41, 5.74) is 5.72. The summed E-state index contributed by atoms with van der Waals surface area (Å²) in [5.74, 6) is 2.61. The topological polar surface area (TPSA) is 38.0 Å². The third-order valence-electron chi connectivity index (χ3n) is 2.12. The fraction of sp³-hybridized carbons (Fsp3) is 0.455. The van der Waals surface area contributed by atoms with Crippen molar-refractivity contribution in [2.75, 3.05) is 13.1 Å². The van der Waals surface area contributed by atoms with Crippen molar-refractivity contribution in [3.05, 3.63) is 20.3 Å². The Morgan fingerprint density at radius 2 is 2.47 bits per heavy atom. The van der Waals surface area contributed by atoms with Crippen LogP contribution in [0.3, 0.4) is 0 Å². The van der Waals surface area contributed by atoms with Crippen molar-refractivity contribution in [3.63, 3.8) is 0 Å². The Morgan fingerprint density at radius 1 is 1.73 bits per heavy atom. The smallest absolute Gasteiger partial charge is 0.0540 e. The van der Waals surface area contributed by atoms with Gasteiger partial charge in [-0.2, -0.15) is 0 Å². The largest absolute Gasteiger partial charge is 0.329 e. The number of hydrogen-bond acceptors (Lipinski definition) is 3. The third-order valence-corrected chi connectivity index (χ3v) is 4.37. The van der Waals surface area contributed by atoms with Crippen LogP contribution < -0.4 is 11.1 Å². The van der Waals surface area contributed by atoms with Gasteiger partial charge in [0.05, 0.1) is 6.04 Å². The minimum Gasteiger partial charge on any atom is -0.329 e. The van der Waals surface area contributed by atoms with Crippen LogP contribution in [0.15, 0.2) is 10.5 Å². The standard InChI is InChI=1S/C11H15BrN2S/c1-3-4-5-14-10(7-13)11-6-9(12)8(2)15-11/h1,6,10,14H,4-5,7,13H2,2H3. The Bertz CT molecular complexity index is 334. The average Bonchev–Trinajstić information content (AvgIpc) is 2.54. The Hall–Kier alpha value is -0.340. The Kier molecular flexibility index (Phi) is 5.34. The molecule has 1 rings (SSSR count). The quantitative estimate of drug-likeness (QED) is 0.645. The highest BCUT2D eigenvalue weighted by Crippen LogP contribution is 2.30. The van der Waals surface area contributed by atoms with Crippen molar-refractivity contribution in [2.24, 2.45) is 5.73 Å². The summed E-state index contributed by atoms with van der Waals surface area (Å²) in [6.07, 6.45) is 5.94. The summed E-state index contributed by atoms with van der Waals surface area (Å²) in [6.45, 7) is 3.50. The molecule has 0 aliphatic rings. The van der Waals surface area contributed by atoms with E-state index in [1.54, 1.807) is 11.3 Å². The van der Waals surface area contributed by atoms with Gasteiger partial charge in [-0.25, -0.2) is 0 Å². The highest BCUT2D eigenvalue weighted by molar-refractivity contribution is 9.10. The molecule has 0 spiro atoms. The van der Waals surface area contributed by atoms with Crippen LogP contribution in [0.4, 0.5) is 0 Å². The van der Waals surface area contributed by atoms with Gasteiger partial charge >= 0.3 is 0 Å². The summed E-state index contributed by atoms with van der Waals surface area (Å²) in [7, 11) is 0. The van der Waals surface area contributed by atoms with Gasteiger partial charge < -0.3 is 11.1 Å². The summed E-state index contributed by atoms with van der Waals surface area (Å²) in [5, 5.41) is 3.35. The molecular formula is C11H15BrN2S. The zero-order chi connectivity index (χ0) is 11.3. The maximum absolute atomic E-state index is 5.72. The van der Waals surface area contributed by atoms with Crippen molar-refractivity contribution < 1.29 is 0 Å². The van der Waals surface area contributed by atoms with Gasteiger partial charge in [-0.3, -0.25) is 0 Å². The number of rotatable bonds is 5. The molecule has 1 heterocycles. The number of aryl methyl sites for hydroxylation is 1. The predicted molar refractivity (Wildman–Crippen MR) is 70.0 cm³/mol. The molecule has 4 heteroatoms. The first kappa shape index (κ1) is 12.7. The minimum absolute atomic E-state index is 0.216. The van der Waals surface area contributed by atoms with Crippen LogP contribution >= 0.6 is 27.3 Å². The van der Waals surface area contributed by atoms with Crippen molar-refractivity contribution in [2.45, 2.75) is 19.4 Å². The molecule has 1 unspecified atom stereocenters. The van der Waals surface area contributed by atoms with Gasteiger partial charge in [0.2, 0.25) is 0 Å². The van der Waals surface area contributed by atoms with Gasteiger partial charge in [-0.15, -0.1) is 23.7 Å². The first-order chi connectivity index (χ1) is 7.19. The monoisotopic (exact) mass is 286 g/mol. The molecule has 1 atom stereocenters. The third kappa shape index (κ3) is 3.62. The van der Waals surface area contributed by atoms with E-state index >= 15 is 0 Å². The summed E-state index contributed by atoms with van der Waals surface area (Å²) >= 11 is 5.27. The number of terminal acetylenes is 1. The minimum atomic E-state index is 0.216. The molecular weight excluding hydrogens is 272 g/mol. The molecule has 0 saturated heterocycles. The molecule has 0 aliphatic carbocycles. The second-order valence-electron chi connectivity index (χ2n) is 3.25. The van der Waals surface area contributed by atoms with Gasteiger partial charge in [0.1, 0.15) is 0 Å². The number of halogens is 1. The van der Waals surface area contributed by atoms with E-state index in [1.807, 2.05) is 0 Å². The van der Waals surface area contributed by atoms with Crippen LogP contribution in [0.1, 0.15) is 22.2 Å². The summed E-state index contributed by atoms with van der Waals surface area (Å²) in [4.78, 5) is 2.54. The number of nitrogens with two attached hydrogens (primary N) is 1. The lowest BCUT2D eigenvalue weighted by Crippen LogP contribution is -2.28. The van der Waals surface area contributed by atoms with Crippen LogP contribution in [0.25, 0.3) is 0 Å². The summed E-state index contributed by atoms with van der Waals surface area (Å²) in [6, 6.07) is 2.34. The van der Waals surface area contributed by atoms with E-state index < -0.39 is 0 Å². The highest BCUT2D eigenvalue weighted by atomic mass is 79.9. The molecule has 2 nitrogen and oxygen atoms in total. The van der Waals surface area contributed by atoms with Crippen molar-refractivity contribution >= 4 is 27.3 Å². The molecule has 82 valence electrons. The van der Waals surface area contributed by atoms with E-state index in [0.29, 0.717) is 6.54 Å². The van der Waals surface area contributed by atoms with E-state index in [2.05, 4.69) is 40.2 Å². The van der Waals surface area contributed by atoms with Gasteiger partial charge in [-0.1, -0.05) is 0 Å². The first-order valence-corrected chi connectivity index (χ1v) is 6.42. The zero-order valence-electron chi connectivity index (χ0n) is 8.72. The van der Waals surface area contributed by atoms with E-state index in [9.17, 15) is 0 Å². The molecule has 15 heavy (non-hydrogen) atoms. The molecule has 0 radical (unpaired) electrons. The van der Waals surface area contributed by atoms with Crippen LogP contribution in [0.5, 0.6) is 0 Å². The van der Waals surface area contributed by atoms with Gasteiger partial charge in [0.15, 0.2) is 0 Å². The van der Waals surface area contributed by atoms with Crippen LogP contribution in [0.2, 0.25) is 0 Å². The second-order valence-corrected chi connectivity index (χ2v) is 5.39. The molecule has 0 bridgehead atoms. The normalized spacial score (nSPS) is 12.4. The molecule has 3 N–H and O–H groups in total. The number of nitrogens with one attached hydrogen (secondary N) is 1. The zero-order valence-corrected chi connectivity index (χ0v) is 11.1. The van der Waals surface area contributed by atoms with Crippen LogP contribution in [-0.2, 0) is 0 Å². The van der Waals surface area contributed by atoms with E-state index in [-0.39, 0.29) is 6.04 Å². The lowest BCUT2D eigenvalue weighted by Gasteiger charge is -2.13. The Morgan fingerprint density at radius 3 is 2.93 bits per heavy atom. The number of thiophene rings is 1. The van der Waals surface area contributed by atoms with E-state index in [1.165, 1.54) is 9.75 Å². The van der Waals surface area contributed by atoms with Crippen molar-refractivity contribution in [1.82, 2.24) is 5.32 Å². The van der Waals surface area contributed by atoms with Gasteiger partial charge in [0.25, 0.3) is 0 Å².